The van der Waals surface area contributed by atoms with Crippen LogP contribution in [0.2, 0.25) is 0 Å². The van der Waals surface area contributed by atoms with E-state index in [0.717, 1.165) is 12.8 Å². The van der Waals surface area contributed by atoms with Gasteiger partial charge in [0.05, 0.1) is 6.10 Å². The lowest BCUT2D eigenvalue weighted by atomic mass is 9.90. The summed E-state index contributed by atoms with van der Waals surface area (Å²) in [7, 11) is 0. The van der Waals surface area contributed by atoms with Crippen molar-refractivity contribution in [3.05, 3.63) is 33.4 Å². The van der Waals surface area contributed by atoms with Crippen molar-refractivity contribution < 1.29 is 5.11 Å². The van der Waals surface area contributed by atoms with Crippen LogP contribution in [0.5, 0.6) is 0 Å². The van der Waals surface area contributed by atoms with Crippen molar-refractivity contribution in [3.63, 3.8) is 0 Å². The van der Waals surface area contributed by atoms with Crippen LogP contribution in [-0.2, 0) is 6.42 Å². The first kappa shape index (κ1) is 12.4. The third-order valence-electron chi connectivity index (χ3n) is 3.53. The highest BCUT2D eigenvalue weighted by Crippen LogP contribution is 2.26. The first-order valence-corrected chi connectivity index (χ1v) is 7.26. The molecular formula is C14H19IO. The molecule has 0 radical (unpaired) electrons. The molecule has 2 rings (SSSR count). The van der Waals surface area contributed by atoms with Crippen LogP contribution in [0.3, 0.4) is 0 Å². The van der Waals surface area contributed by atoms with E-state index in [2.05, 4.69) is 46.9 Å². The fourth-order valence-corrected chi connectivity index (χ4v) is 2.89. The van der Waals surface area contributed by atoms with Gasteiger partial charge in [-0.25, -0.2) is 0 Å². The molecule has 1 aromatic rings. The zero-order valence-corrected chi connectivity index (χ0v) is 11.7. The van der Waals surface area contributed by atoms with E-state index in [1.54, 1.807) is 0 Å². The Bertz CT molecular complexity index is 320. The molecule has 2 heteroatoms. The summed E-state index contributed by atoms with van der Waals surface area (Å²) in [5.41, 5.74) is 1.37. The molecule has 0 bridgehead atoms. The van der Waals surface area contributed by atoms with Gasteiger partial charge < -0.3 is 5.11 Å². The third-order valence-corrected chi connectivity index (χ3v) is 4.25. The van der Waals surface area contributed by atoms with Gasteiger partial charge in [-0.2, -0.15) is 0 Å². The number of hydrogen-bond donors (Lipinski definition) is 1. The Hall–Kier alpha value is -0.0900. The Labute approximate surface area is 111 Å². The molecule has 0 spiro atoms. The second kappa shape index (κ2) is 6.01. The van der Waals surface area contributed by atoms with Crippen molar-refractivity contribution >= 4 is 22.6 Å². The molecule has 0 amide bonds. The van der Waals surface area contributed by atoms with Crippen molar-refractivity contribution in [1.29, 1.82) is 0 Å². The minimum Gasteiger partial charge on any atom is -0.393 e. The summed E-state index contributed by atoms with van der Waals surface area (Å²) < 4.78 is 1.28. The molecule has 1 saturated carbocycles. The van der Waals surface area contributed by atoms with Gasteiger partial charge in [-0.15, -0.1) is 0 Å². The average Bonchev–Trinajstić information content (AvgIpc) is 2.48. The van der Waals surface area contributed by atoms with E-state index in [1.807, 2.05) is 0 Å². The normalized spacial score (nSPS) is 26.4. The molecule has 0 saturated heterocycles. The number of aliphatic hydroxyl groups excluding tert-OH is 1. The smallest absolute Gasteiger partial charge is 0.0571 e. The topological polar surface area (TPSA) is 20.2 Å². The highest BCUT2D eigenvalue weighted by atomic mass is 127. The molecule has 1 nitrogen and oxygen atoms in total. The first-order chi connectivity index (χ1) is 7.75. The number of hydrogen-bond acceptors (Lipinski definition) is 1. The lowest BCUT2D eigenvalue weighted by Gasteiger charge is -2.20. The Kier molecular flexibility index (Phi) is 4.65. The molecule has 1 aliphatic carbocycles. The Morgan fingerprint density at radius 2 is 1.75 bits per heavy atom. The number of halogens is 1. The van der Waals surface area contributed by atoms with Gasteiger partial charge >= 0.3 is 0 Å². The predicted octanol–water partition coefficient (Wildman–Crippen LogP) is 3.77. The highest BCUT2D eigenvalue weighted by Gasteiger charge is 2.21. The third kappa shape index (κ3) is 3.45. The van der Waals surface area contributed by atoms with Crippen molar-refractivity contribution in [1.82, 2.24) is 0 Å². The van der Waals surface area contributed by atoms with Crippen LogP contribution in [-0.4, -0.2) is 11.2 Å². The second-order valence-electron chi connectivity index (χ2n) is 4.80. The van der Waals surface area contributed by atoms with Gasteiger partial charge in [0.25, 0.3) is 0 Å². The largest absolute Gasteiger partial charge is 0.393 e. The predicted molar refractivity (Wildman–Crippen MR) is 75.4 cm³/mol. The molecule has 2 atom stereocenters. The number of rotatable bonds is 2. The van der Waals surface area contributed by atoms with Gasteiger partial charge in [-0.3, -0.25) is 0 Å². The van der Waals surface area contributed by atoms with Crippen molar-refractivity contribution in [3.8, 4) is 0 Å². The highest BCUT2D eigenvalue weighted by molar-refractivity contribution is 14.1. The molecule has 1 fully saturated rings. The zero-order valence-electron chi connectivity index (χ0n) is 9.53. The van der Waals surface area contributed by atoms with Crippen LogP contribution in [0.25, 0.3) is 0 Å². The van der Waals surface area contributed by atoms with Gasteiger partial charge in [-0.1, -0.05) is 31.4 Å². The maximum absolute atomic E-state index is 10.1. The number of benzene rings is 1. The molecular weight excluding hydrogens is 311 g/mol. The molecule has 0 aliphatic heterocycles. The summed E-state index contributed by atoms with van der Waals surface area (Å²) in [5, 5.41) is 10.1. The summed E-state index contributed by atoms with van der Waals surface area (Å²) in [5.74, 6) is 0.475. The monoisotopic (exact) mass is 330 g/mol. The molecule has 1 aromatic carbocycles. The van der Waals surface area contributed by atoms with Gasteiger partial charge in [0.15, 0.2) is 0 Å². The molecule has 0 heterocycles. The molecule has 88 valence electrons. The van der Waals surface area contributed by atoms with Crippen molar-refractivity contribution in [2.75, 3.05) is 0 Å². The molecule has 1 N–H and O–H groups in total. The summed E-state index contributed by atoms with van der Waals surface area (Å²) >= 11 is 2.33. The Morgan fingerprint density at radius 1 is 1.06 bits per heavy atom. The van der Waals surface area contributed by atoms with Crippen molar-refractivity contribution in [2.24, 2.45) is 5.92 Å². The molecule has 2 unspecified atom stereocenters. The average molecular weight is 330 g/mol. The first-order valence-electron chi connectivity index (χ1n) is 6.18. The van der Waals surface area contributed by atoms with Crippen LogP contribution in [0.15, 0.2) is 24.3 Å². The van der Waals surface area contributed by atoms with Crippen LogP contribution >= 0.6 is 22.6 Å². The van der Waals surface area contributed by atoms with Crippen LogP contribution in [0, 0.1) is 9.49 Å². The van der Waals surface area contributed by atoms with E-state index >= 15 is 0 Å². The van der Waals surface area contributed by atoms with Gasteiger partial charge in [-0.05, 0) is 65.5 Å². The Morgan fingerprint density at radius 3 is 2.50 bits per heavy atom. The maximum atomic E-state index is 10.1. The van der Waals surface area contributed by atoms with Crippen LogP contribution < -0.4 is 0 Å². The fourth-order valence-electron chi connectivity index (χ4n) is 2.53. The van der Waals surface area contributed by atoms with E-state index in [0.29, 0.717) is 5.92 Å². The quantitative estimate of drug-likeness (QED) is 0.646. The SMILES string of the molecule is OC1CCCCCC1Cc1ccc(I)cc1. The fraction of sp³-hybridized carbons (Fsp3) is 0.571. The minimum absolute atomic E-state index is 0.0817. The maximum Gasteiger partial charge on any atom is 0.0571 e. The van der Waals surface area contributed by atoms with E-state index in [-0.39, 0.29) is 6.10 Å². The summed E-state index contributed by atoms with van der Waals surface area (Å²) in [6.07, 6.45) is 6.92. The van der Waals surface area contributed by atoms with Crippen LogP contribution in [0.4, 0.5) is 0 Å². The number of aliphatic hydroxyl groups is 1. The summed E-state index contributed by atoms with van der Waals surface area (Å²) in [4.78, 5) is 0. The van der Waals surface area contributed by atoms with E-state index in [1.165, 1.54) is 34.8 Å². The van der Waals surface area contributed by atoms with E-state index in [9.17, 15) is 5.11 Å². The lowest BCUT2D eigenvalue weighted by molar-refractivity contribution is 0.101. The van der Waals surface area contributed by atoms with Crippen LogP contribution in [0.1, 0.15) is 37.7 Å². The van der Waals surface area contributed by atoms with Crippen molar-refractivity contribution in [2.45, 2.75) is 44.6 Å². The van der Waals surface area contributed by atoms with E-state index in [4.69, 9.17) is 0 Å². The molecule has 0 aromatic heterocycles. The minimum atomic E-state index is -0.0817. The summed E-state index contributed by atoms with van der Waals surface area (Å²) in [6.45, 7) is 0. The molecule has 16 heavy (non-hydrogen) atoms. The standard InChI is InChI=1S/C14H19IO/c15-13-8-6-11(7-9-13)10-12-4-2-1-3-5-14(12)16/h6-9,12,14,16H,1-5,10H2. The molecule has 1 aliphatic rings. The van der Waals surface area contributed by atoms with E-state index < -0.39 is 0 Å². The second-order valence-corrected chi connectivity index (χ2v) is 6.04. The lowest BCUT2D eigenvalue weighted by Crippen LogP contribution is -2.20. The Balaban J connectivity index is 1.99. The van der Waals surface area contributed by atoms with Gasteiger partial charge in [0.2, 0.25) is 0 Å². The van der Waals surface area contributed by atoms with Gasteiger partial charge in [0.1, 0.15) is 0 Å². The summed E-state index contributed by atoms with van der Waals surface area (Å²) in [6, 6.07) is 8.69. The zero-order chi connectivity index (χ0) is 11.4. The van der Waals surface area contributed by atoms with Gasteiger partial charge in [0, 0.05) is 3.57 Å².